The van der Waals surface area contributed by atoms with E-state index < -0.39 is 0 Å². The lowest BCUT2D eigenvalue weighted by molar-refractivity contribution is 0.199. The smallest absolute Gasteiger partial charge is 0.0488 e. The van der Waals surface area contributed by atoms with Crippen LogP contribution in [0.5, 0.6) is 0 Å². The maximum absolute atomic E-state index is 6.22. The topological polar surface area (TPSA) is 6.48 Å². The molecule has 100 valence electrons. The molecule has 1 aliphatic rings. The third-order valence-corrected chi connectivity index (χ3v) is 4.36. The van der Waals surface area contributed by atoms with Crippen LogP contribution in [0.2, 0.25) is 5.02 Å². The van der Waals surface area contributed by atoms with Crippen LogP contribution in [0.3, 0.4) is 0 Å². The van der Waals surface area contributed by atoms with Crippen molar-refractivity contribution in [3.05, 3.63) is 28.8 Å². The van der Waals surface area contributed by atoms with E-state index in [0.29, 0.717) is 11.9 Å². The molecule has 18 heavy (non-hydrogen) atoms. The quantitative estimate of drug-likeness (QED) is 0.784. The van der Waals surface area contributed by atoms with E-state index in [-0.39, 0.29) is 0 Å². The van der Waals surface area contributed by atoms with Gasteiger partial charge in [-0.15, -0.1) is 11.6 Å². The second-order valence-electron chi connectivity index (χ2n) is 4.83. The van der Waals surface area contributed by atoms with Gasteiger partial charge in [-0.3, -0.25) is 4.90 Å². The first kappa shape index (κ1) is 14.0. The van der Waals surface area contributed by atoms with Crippen LogP contribution in [0.4, 0.5) is 5.69 Å². The van der Waals surface area contributed by atoms with Gasteiger partial charge in [-0.05, 0) is 31.2 Å². The van der Waals surface area contributed by atoms with Crippen molar-refractivity contribution in [1.29, 1.82) is 0 Å². The van der Waals surface area contributed by atoms with Crippen LogP contribution in [-0.4, -0.2) is 37.1 Å². The predicted molar refractivity (Wildman–Crippen MR) is 79.9 cm³/mol. The van der Waals surface area contributed by atoms with Crippen molar-refractivity contribution < 1.29 is 0 Å². The first-order chi connectivity index (χ1) is 8.65. The lowest BCUT2D eigenvalue weighted by Gasteiger charge is -2.40. The monoisotopic (exact) mass is 286 g/mol. The molecule has 1 aromatic carbocycles. The normalized spacial score (nSPS) is 21.3. The van der Waals surface area contributed by atoms with Crippen molar-refractivity contribution in [3.63, 3.8) is 0 Å². The van der Waals surface area contributed by atoms with Crippen molar-refractivity contribution in [3.8, 4) is 0 Å². The maximum Gasteiger partial charge on any atom is 0.0488 e. The molecule has 0 N–H and O–H groups in total. The Balaban J connectivity index is 2.11. The van der Waals surface area contributed by atoms with Gasteiger partial charge in [0.25, 0.3) is 0 Å². The number of alkyl halides is 1. The van der Waals surface area contributed by atoms with E-state index in [0.717, 1.165) is 36.8 Å². The van der Waals surface area contributed by atoms with E-state index in [1.54, 1.807) is 0 Å². The highest BCUT2D eigenvalue weighted by Crippen LogP contribution is 2.26. The van der Waals surface area contributed by atoms with Gasteiger partial charge in [-0.2, -0.15) is 0 Å². The van der Waals surface area contributed by atoms with Crippen molar-refractivity contribution in [2.75, 3.05) is 31.1 Å². The summed E-state index contributed by atoms with van der Waals surface area (Å²) in [6, 6.07) is 6.78. The second-order valence-corrected chi connectivity index (χ2v) is 5.51. The number of likely N-dealkylation sites (N-methyl/N-ethyl adjacent to an activating group) is 1. The van der Waals surface area contributed by atoms with E-state index in [9.17, 15) is 0 Å². The van der Waals surface area contributed by atoms with Gasteiger partial charge in [-0.1, -0.05) is 24.6 Å². The van der Waals surface area contributed by atoms with Crippen molar-refractivity contribution in [2.45, 2.75) is 25.8 Å². The molecular formula is C14H20Cl2N2. The predicted octanol–water partition coefficient (Wildman–Crippen LogP) is 3.61. The van der Waals surface area contributed by atoms with Gasteiger partial charge in [0.1, 0.15) is 0 Å². The summed E-state index contributed by atoms with van der Waals surface area (Å²) >= 11 is 12.0. The Bertz CT molecular complexity index is 409. The lowest BCUT2D eigenvalue weighted by atomic mass is 10.1. The third-order valence-electron chi connectivity index (χ3n) is 3.72. The molecule has 1 saturated heterocycles. The minimum atomic E-state index is 0.471. The lowest BCUT2D eigenvalue weighted by Crippen LogP contribution is -2.51. The molecule has 1 aromatic rings. The number of rotatable bonds is 3. The fourth-order valence-electron chi connectivity index (χ4n) is 2.54. The van der Waals surface area contributed by atoms with Gasteiger partial charge in [0, 0.05) is 42.3 Å². The van der Waals surface area contributed by atoms with Gasteiger partial charge in [0.15, 0.2) is 0 Å². The van der Waals surface area contributed by atoms with Crippen LogP contribution in [0, 0.1) is 0 Å². The van der Waals surface area contributed by atoms with Crippen LogP contribution < -0.4 is 4.90 Å². The van der Waals surface area contributed by atoms with E-state index in [1.165, 1.54) is 5.69 Å². The van der Waals surface area contributed by atoms with E-state index in [1.807, 2.05) is 12.1 Å². The molecule has 0 radical (unpaired) electrons. The number of hydrogen-bond donors (Lipinski definition) is 0. The highest BCUT2D eigenvalue weighted by atomic mass is 35.5. The minimum absolute atomic E-state index is 0.471. The first-order valence-electron chi connectivity index (χ1n) is 6.49. The van der Waals surface area contributed by atoms with Crippen LogP contribution in [0.1, 0.15) is 19.4 Å². The van der Waals surface area contributed by atoms with Crippen LogP contribution >= 0.6 is 23.2 Å². The average Bonchev–Trinajstić information content (AvgIpc) is 2.38. The molecule has 1 heterocycles. The summed E-state index contributed by atoms with van der Waals surface area (Å²) < 4.78 is 0. The molecule has 1 unspecified atom stereocenters. The zero-order valence-electron chi connectivity index (χ0n) is 11.0. The molecule has 1 fully saturated rings. The van der Waals surface area contributed by atoms with E-state index in [4.69, 9.17) is 23.2 Å². The Morgan fingerprint density at radius 1 is 1.33 bits per heavy atom. The number of halogens is 2. The Kier molecular flexibility index (Phi) is 4.77. The van der Waals surface area contributed by atoms with Crippen molar-refractivity contribution in [1.82, 2.24) is 4.90 Å². The molecule has 0 bridgehead atoms. The largest absolute Gasteiger partial charge is 0.369 e. The molecule has 2 rings (SSSR count). The third kappa shape index (κ3) is 2.93. The van der Waals surface area contributed by atoms with Crippen LogP contribution in [0.25, 0.3) is 0 Å². The van der Waals surface area contributed by atoms with Gasteiger partial charge < -0.3 is 4.90 Å². The molecule has 0 spiro atoms. The zero-order chi connectivity index (χ0) is 13.1. The zero-order valence-corrected chi connectivity index (χ0v) is 12.5. The summed E-state index contributed by atoms with van der Waals surface area (Å²) in [7, 11) is 0. The van der Waals surface area contributed by atoms with Gasteiger partial charge in [0.2, 0.25) is 0 Å². The SMILES string of the molecule is CCN1CCN(c2ccc(CCl)c(Cl)c2)CC1C. The fraction of sp³-hybridized carbons (Fsp3) is 0.571. The Labute approximate surface area is 119 Å². The number of benzene rings is 1. The summed E-state index contributed by atoms with van der Waals surface area (Å²) in [6.45, 7) is 8.87. The molecule has 0 aliphatic carbocycles. The number of hydrogen-bond acceptors (Lipinski definition) is 2. The Morgan fingerprint density at radius 3 is 2.67 bits per heavy atom. The molecule has 4 heteroatoms. The summed E-state index contributed by atoms with van der Waals surface area (Å²) in [6.07, 6.45) is 0. The first-order valence-corrected chi connectivity index (χ1v) is 7.40. The molecule has 1 atom stereocenters. The standard InChI is InChI=1S/C14H20Cl2N2/c1-3-17-6-7-18(10-11(17)2)13-5-4-12(9-15)14(16)8-13/h4-5,8,11H,3,6-7,9-10H2,1-2H3. The average molecular weight is 287 g/mol. The number of piperazine rings is 1. The summed E-state index contributed by atoms with van der Waals surface area (Å²) in [5, 5.41) is 0.771. The maximum atomic E-state index is 6.22. The fourth-order valence-corrected chi connectivity index (χ4v) is 3.08. The van der Waals surface area contributed by atoms with E-state index >= 15 is 0 Å². The Morgan fingerprint density at radius 2 is 2.11 bits per heavy atom. The highest BCUT2D eigenvalue weighted by Gasteiger charge is 2.22. The molecular weight excluding hydrogens is 267 g/mol. The van der Waals surface area contributed by atoms with Gasteiger partial charge in [-0.25, -0.2) is 0 Å². The van der Waals surface area contributed by atoms with Crippen molar-refractivity contribution >= 4 is 28.9 Å². The van der Waals surface area contributed by atoms with Gasteiger partial charge >= 0.3 is 0 Å². The Hall–Kier alpha value is -0.440. The molecule has 0 aromatic heterocycles. The summed E-state index contributed by atoms with van der Waals surface area (Å²) in [4.78, 5) is 4.91. The minimum Gasteiger partial charge on any atom is -0.369 e. The molecule has 0 amide bonds. The second kappa shape index (κ2) is 6.14. The van der Waals surface area contributed by atoms with Gasteiger partial charge in [0.05, 0.1) is 0 Å². The summed E-state index contributed by atoms with van der Waals surface area (Å²) in [5.41, 5.74) is 2.21. The summed E-state index contributed by atoms with van der Waals surface area (Å²) in [5.74, 6) is 0.471. The molecule has 1 aliphatic heterocycles. The van der Waals surface area contributed by atoms with Crippen LogP contribution in [-0.2, 0) is 5.88 Å². The van der Waals surface area contributed by atoms with E-state index in [2.05, 4.69) is 29.7 Å². The molecule has 0 saturated carbocycles. The highest BCUT2D eigenvalue weighted by molar-refractivity contribution is 6.32. The number of anilines is 1. The molecule has 2 nitrogen and oxygen atoms in total. The van der Waals surface area contributed by atoms with Crippen molar-refractivity contribution in [2.24, 2.45) is 0 Å². The number of nitrogens with zero attached hydrogens (tertiary/aromatic N) is 2. The van der Waals surface area contributed by atoms with Crippen LogP contribution in [0.15, 0.2) is 18.2 Å².